The molecule has 6 heteroatoms. The van der Waals surface area contributed by atoms with Gasteiger partial charge >= 0.3 is 0 Å². The van der Waals surface area contributed by atoms with Crippen LogP contribution in [0.15, 0.2) is 55.1 Å². The minimum atomic E-state index is -0.288. The van der Waals surface area contributed by atoms with Gasteiger partial charge in [-0.15, -0.1) is 0 Å². The first-order chi connectivity index (χ1) is 13.2. The van der Waals surface area contributed by atoms with Gasteiger partial charge in [-0.1, -0.05) is 30.8 Å². The van der Waals surface area contributed by atoms with Crippen LogP contribution in [0.1, 0.15) is 17.5 Å². The standard InChI is InChI=1S/C21H22N2O4/c1-2-19(24)23-17-8-3-6-15(12-17)13-20(25)22-14-16-7-4-9-18-21(16)27-11-5-10-26-18/h2-4,6-9,12H,1,5,10-11,13-14H2,(H,22,25)(H,23,24). The lowest BCUT2D eigenvalue weighted by Gasteiger charge is -2.13. The van der Waals surface area contributed by atoms with E-state index in [1.165, 1.54) is 6.08 Å². The molecule has 1 heterocycles. The number of carbonyl (C=O) groups excluding carboxylic acids is 2. The molecular weight excluding hydrogens is 344 g/mol. The number of rotatable bonds is 6. The molecule has 2 amide bonds. The highest BCUT2D eigenvalue weighted by molar-refractivity contribution is 5.98. The fourth-order valence-corrected chi connectivity index (χ4v) is 2.79. The van der Waals surface area contributed by atoms with Crippen LogP contribution in [-0.4, -0.2) is 25.0 Å². The zero-order valence-electron chi connectivity index (χ0n) is 15.0. The molecule has 0 aliphatic carbocycles. The first-order valence-electron chi connectivity index (χ1n) is 8.82. The van der Waals surface area contributed by atoms with Gasteiger partial charge in [0.1, 0.15) is 0 Å². The van der Waals surface area contributed by atoms with Crippen molar-refractivity contribution in [1.82, 2.24) is 5.32 Å². The van der Waals surface area contributed by atoms with E-state index in [-0.39, 0.29) is 18.2 Å². The third-order valence-corrected chi connectivity index (χ3v) is 4.07. The van der Waals surface area contributed by atoms with Crippen molar-refractivity contribution in [2.75, 3.05) is 18.5 Å². The van der Waals surface area contributed by atoms with Gasteiger partial charge in [-0.3, -0.25) is 9.59 Å². The maximum atomic E-state index is 12.3. The smallest absolute Gasteiger partial charge is 0.247 e. The molecule has 27 heavy (non-hydrogen) atoms. The molecule has 0 unspecified atom stereocenters. The van der Waals surface area contributed by atoms with Gasteiger partial charge in [0.25, 0.3) is 0 Å². The number of nitrogens with one attached hydrogen (secondary N) is 2. The van der Waals surface area contributed by atoms with E-state index >= 15 is 0 Å². The third-order valence-electron chi connectivity index (χ3n) is 4.07. The Morgan fingerprint density at radius 2 is 1.93 bits per heavy atom. The highest BCUT2D eigenvalue weighted by Gasteiger charge is 2.15. The van der Waals surface area contributed by atoms with Crippen LogP contribution >= 0.6 is 0 Å². The van der Waals surface area contributed by atoms with Gasteiger partial charge in [-0.05, 0) is 29.8 Å². The number of hydrogen-bond donors (Lipinski definition) is 2. The van der Waals surface area contributed by atoms with E-state index < -0.39 is 0 Å². The molecule has 3 rings (SSSR count). The minimum Gasteiger partial charge on any atom is -0.490 e. The number of para-hydroxylation sites is 1. The monoisotopic (exact) mass is 366 g/mol. The van der Waals surface area contributed by atoms with E-state index in [1.54, 1.807) is 18.2 Å². The number of benzene rings is 2. The zero-order valence-corrected chi connectivity index (χ0v) is 15.0. The Balaban J connectivity index is 1.60. The third kappa shape index (κ3) is 5.10. The maximum Gasteiger partial charge on any atom is 0.247 e. The lowest BCUT2D eigenvalue weighted by atomic mass is 10.1. The van der Waals surface area contributed by atoms with Crippen LogP contribution in [0.3, 0.4) is 0 Å². The molecule has 6 nitrogen and oxygen atoms in total. The van der Waals surface area contributed by atoms with Gasteiger partial charge < -0.3 is 20.1 Å². The van der Waals surface area contributed by atoms with Crippen molar-refractivity contribution in [3.05, 3.63) is 66.2 Å². The highest BCUT2D eigenvalue weighted by atomic mass is 16.5. The van der Waals surface area contributed by atoms with Crippen LogP contribution in [0.25, 0.3) is 0 Å². The summed E-state index contributed by atoms with van der Waals surface area (Å²) in [6.07, 6.45) is 2.25. The summed E-state index contributed by atoms with van der Waals surface area (Å²) in [5.74, 6) is 1.01. The molecule has 2 aromatic carbocycles. The van der Waals surface area contributed by atoms with E-state index in [0.29, 0.717) is 36.9 Å². The molecule has 1 aliphatic heterocycles. The Bertz CT molecular complexity index is 848. The topological polar surface area (TPSA) is 76.7 Å². The van der Waals surface area contributed by atoms with Crippen molar-refractivity contribution in [3.63, 3.8) is 0 Å². The van der Waals surface area contributed by atoms with Gasteiger partial charge in [0.15, 0.2) is 11.5 Å². The van der Waals surface area contributed by atoms with Crippen molar-refractivity contribution in [3.8, 4) is 11.5 Å². The SMILES string of the molecule is C=CC(=O)Nc1cccc(CC(=O)NCc2cccc3c2OCCCO3)c1. The van der Waals surface area contributed by atoms with Crippen LogP contribution in [-0.2, 0) is 22.6 Å². The molecule has 0 radical (unpaired) electrons. The number of anilines is 1. The summed E-state index contributed by atoms with van der Waals surface area (Å²) in [6, 6.07) is 12.8. The first-order valence-corrected chi connectivity index (χ1v) is 8.82. The first kappa shape index (κ1) is 18.5. The van der Waals surface area contributed by atoms with Gasteiger partial charge in [0, 0.05) is 24.2 Å². The lowest BCUT2D eigenvalue weighted by Crippen LogP contribution is -2.25. The fourth-order valence-electron chi connectivity index (χ4n) is 2.79. The summed E-state index contributed by atoms with van der Waals surface area (Å²) in [7, 11) is 0. The number of carbonyl (C=O) groups is 2. The molecule has 0 spiro atoms. The van der Waals surface area contributed by atoms with E-state index in [1.807, 2.05) is 24.3 Å². The Hall–Kier alpha value is -3.28. The van der Waals surface area contributed by atoms with Crippen LogP contribution < -0.4 is 20.1 Å². The fraction of sp³-hybridized carbons (Fsp3) is 0.238. The summed E-state index contributed by atoms with van der Waals surface area (Å²) >= 11 is 0. The van der Waals surface area contributed by atoms with Gasteiger partial charge in [0.2, 0.25) is 11.8 Å². The number of hydrogen-bond acceptors (Lipinski definition) is 4. The molecule has 0 saturated carbocycles. The molecule has 1 aliphatic rings. The molecule has 2 aromatic rings. The molecule has 0 fully saturated rings. The van der Waals surface area contributed by atoms with Crippen LogP contribution in [0.2, 0.25) is 0 Å². The maximum absolute atomic E-state index is 12.3. The summed E-state index contributed by atoms with van der Waals surface area (Å²) < 4.78 is 11.4. The molecule has 140 valence electrons. The average molecular weight is 366 g/mol. The molecule has 2 N–H and O–H groups in total. The molecule has 0 saturated heterocycles. The normalized spacial score (nSPS) is 12.6. The predicted molar refractivity (Wildman–Crippen MR) is 103 cm³/mol. The largest absolute Gasteiger partial charge is 0.490 e. The van der Waals surface area contributed by atoms with Gasteiger partial charge in [-0.2, -0.15) is 0 Å². The second kappa shape index (κ2) is 8.89. The van der Waals surface area contributed by atoms with E-state index in [4.69, 9.17) is 9.47 Å². The van der Waals surface area contributed by atoms with Crippen LogP contribution in [0.5, 0.6) is 11.5 Å². The molecular formula is C21H22N2O4. The summed E-state index contributed by atoms with van der Waals surface area (Å²) in [4.78, 5) is 23.7. The molecule has 0 bridgehead atoms. The number of fused-ring (bicyclic) bond motifs is 1. The van der Waals surface area contributed by atoms with E-state index in [9.17, 15) is 9.59 Å². The number of ether oxygens (including phenoxy) is 2. The van der Waals surface area contributed by atoms with Gasteiger partial charge in [-0.25, -0.2) is 0 Å². The summed E-state index contributed by atoms with van der Waals surface area (Å²) in [5.41, 5.74) is 2.32. The second-order valence-corrected chi connectivity index (χ2v) is 6.14. The van der Waals surface area contributed by atoms with E-state index in [2.05, 4.69) is 17.2 Å². The van der Waals surface area contributed by atoms with Crippen molar-refractivity contribution in [1.29, 1.82) is 0 Å². The summed E-state index contributed by atoms with van der Waals surface area (Å²) in [6.45, 7) is 5.01. The minimum absolute atomic E-state index is 0.116. The number of amides is 2. The average Bonchev–Trinajstić information content (AvgIpc) is 2.92. The van der Waals surface area contributed by atoms with Crippen molar-refractivity contribution in [2.24, 2.45) is 0 Å². The van der Waals surface area contributed by atoms with Gasteiger partial charge in [0.05, 0.1) is 19.6 Å². The Morgan fingerprint density at radius 1 is 1.11 bits per heavy atom. The zero-order chi connectivity index (χ0) is 19.1. The quantitative estimate of drug-likeness (QED) is 0.771. The molecule has 0 atom stereocenters. The summed E-state index contributed by atoms with van der Waals surface area (Å²) in [5, 5.41) is 5.60. The predicted octanol–water partition coefficient (Wildman–Crippen LogP) is 2.83. The lowest BCUT2D eigenvalue weighted by molar-refractivity contribution is -0.120. The van der Waals surface area contributed by atoms with Crippen LogP contribution in [0.4, 0.5) is 5.69 Å². The molecule has 0 aromatic heterocycles. The highest BCUT2D eigenvalue weighted by Crippen LogP contribution is 2.33. The Morgan fingerprint density at radius 3 is 2.78 bits per heavy atom. The Labute approximate surface area is 158 Å². The van der Waals surface area contributed by atoms with Crippen molar-refractivity contribution >= 4 is 17.5 Å². The Kier molecular flexibility index (Phi) is 6.10. The van der Waals surface area contributed by atoms with Crippen molar-refractivity contribution < 1.29 is 19.1 Å². The van der Waals surface area contributed by atoms with Crippen molar-refractivity contribution in [2.45, 2.75) is 19.4 Å². The van der Waals surface area contributed by atoms with Crippen LogP contribution in [0, 0.1) is 0 Å². The second-order valence-electron chi connectivity index (χ2n) is 6.14. The van der Waals surface area contributed by atoms with E-state index in [0.717, 1.165) is 17.5 Å².